The molecule has 0 spiro atoms. The minimum absolute atomic E-state index is 0. The van der Waals surface area contributed by atoms with Crippen molar-refractivity contribution in [2.45, 2.75) is 141 Å². The quantitative estimate of drug-likeness (QED) is 0.233. The van der Waals surface area contributed by atoms with E-state index < -0.39 is 56.0 Å². The van der Waals surface area contributed by atoms with E-state index >= 15 is 0 Å². The molecule has 2 aliphatic carbocycles. The van der Waals surface area contributed by atoms with Crippen molar-refractivity contribution in [2.75, 3.05) is 20.8 Å². The average Bonchev–Trinajstić information content (AvgIpc) is 4.07. The second kappa shape index (κ2) is 19.2. The zero-order valence-corrected chi connectivity index (χ0v) is 37.2. The van der Waals surface area contributed by atoms with Crippen LogP contribution in [0.1, 0.15) is 117 Å². The Labute approximate surface area is 354 Å². The zero-order chi connectivity index (χ0) is 43.9. The number of amides is 4. The molecule has 0 radical (unpaired) electrons. The Hall–Kier alpha value is -4.60. The molecule has 6 rings (SSSR count). The van der Waals surface area contributed by atoms with Crippen LogP contribution in [0, 0.1) is 17.8 Å². The Morgan fingerprint density at radius 1 is 1.07 bits per heavy atom. The highest BCUT2D eigenvalue weighted by Gasteiger charge is 2.63. The Balaban J connectivity index is 0.00000133. The molecule has 4 amide bonds. The zero-order valence-electron chi connectivity index (χ0n) is 36.4. The van der Waals surface area contributed by atoms with Crippen molar-refractivity contribution in [1.82, 2.24) is 19.9 Å². The molecule has 3 heterocycles. The number of nitrogens with zero attached hydrogens (tertiary/aromatic N) is 2. The van der Waals surface area contributed by atoms with Crippen molar-refractivity contribution in [3.63, 3.8) is 0 Å². The Morgan fingerprint density at radius 3 is 2.34 bits per heavy atom. The van der Waals surface area contributed by atoms with Crippen LogP contribution in [-0.4, -0.2) is 90.9 Å². The van der Waals surface area contributed by atoms with Gasteiger partial charge in [-0.2, -0.15) is 0 Å². The topological polar surface area (TPSA) is 206 Å². The van der Waals surface area contributed by atoms with E-state index in [1.165, 1.54) is 0 Å². The van der Waals surface area contributed by atoms with Crippen LogP contribution < -0.4 is 30.0 Å². The van der Waals surface area contributed by atoms with E-state index in [1.54, 1.807) is 59.1 Å². The molecule has 2 saturated carbocycles. The van der Waals surface area contributed by atoms with Crippen molar-refractivity contribution in [1.29, 1.82) is 0 Å². The minimum atomic E-state index is -3.94. The number of primary amides is 1. The predicted octanol–water partition coefficient (Wildman–Crippen LogP) is 6.91. The summed E-state index contributed by atoms with van der Waals surface area (Å²) < 4.78 is 49.8. The minimum Gasteiger partial charge on any atom is -0.497 e. The maximum absolute atomic E-state index is 14.2. The highest BCUT2D eigenvalue weighted by molar-refractivity contribution is 7.91. The van der Waals surface area contributed by atoms with Gasteiger partial charge in [0.1, 0.15) is 34.8 Å². The number of carbonyl (C=O) groups is 4. The number of rotatable bonds is 8. The molecule has 2 aliphatic heterocycles. The molecule has 0 bridgehead atoms. The SMILES string of the molecule is CC.CC(C)(C)OC(N)=O.CCC1(S(=O)(=O)NC(=O)[C@@]23C[C@H]2/C=C\CC[C@@H](C)C[C@@H](C)CC(=O)N2C[C@H](Oc4ncc(OC)c5cc(OC)ccc45)C[C@H]2C(=O)N3)CC1.[HH].[HH].[HH]. The molecule has 1 saturated heterocycles. The number of allylic oxidation sites excluding steroid dienone is 1. The van der Waals surface area contributed by atoms with Gasteiger partial charge in [-0.25, -0.2) is 18.2 Å². The fourth-order valence-electron chi connectivity index (χ4n) is 7.92. The van der Waals surface area contributed by atoms with E-state index in [0.29, 0.717) is 47.9 Å². The van der Waals surface area contributed by atoms with E-state index in [-0.39, 0.29) is 47.8 Å². The molecular formula is C43H71N5O10S. The summed E-state index contributed by atoms with van der Waals surface area (Å²) in [7, 11) is -0.799. The van der Waals surface area contributed by atoms with E-state index in [0.717, 1.165) is 24.6 Å². The molecule has 4 N–H and O–H groups in total. The van der Waals surface area contributed by atoms with Crippen LogP contribution in [0.3, 0.4) is 0 Å². The number of nitrogens with one attached hydrogen (secondary N) is 2. The van der Waals surface area contributed by atoms with Gasteiger partial charge in [-0.3, -0.25) is 19.1 Å². The van der Waals surface area contributed by atoms with Crippen LogP contribution in [0.2, 0.25) is 0 Å². The van der Waals surface area contributed by atoms with Crippen molar-refractivity contribution in [2.24, 2.45) is 23.5 Å². The number of nitrogens with two attached hydrogens (primary N) is 1. The van der Waals surface area contributed by atoms with E-state index in [4.69, 9.17) is 19.9 Å². The van der Waals surface area contributed by atoms with Crippen LogP contribution in [0.25, 0.3) is 10.8 Å². The summed E-state index contributed by atoms with van der Waals surface area (Å²) in [4.78, 5) is 58.0. The largest absolute Gasteiger partial charge is 0.497 e. The molecule has 15 nitrogen and oxygen atoms in total. The Bertz CT molecular complexity index is 2000. The van der Waals surface area contributed by atoms with Gasteiger partial charge in [-0.15, -0.1) is 0 Å². The number of hydrogen-bond acceptors (Lipinski definition) is 11. The number of sulfonamides is 1. The molecule has 0 unspecified atom stereocenters. The fraction of sp³-hybridized carbons (Fsp3) is 0.651. The first-order chi connectivity index (χ1) is 27.8. The third-order valence-corrected chi connectivity index (χ3v) is 13.6. The smallest absolute Gasteiger partial charge is 0.405 e. The first kappa shape index (κ1) is 47.1. The maximum atomic E-state index is 14.2. The van der Waals surface area contributed by atoms with E-state index in [9.17, 15) is 27.6 Å². The van der Waals surface area contributed by atoms with Gasteiger partial charge >= 0.3 is 6.09 Å². The molecule has 1 aromatic heterocycles. The number of benzene rings is 1. The van der Waals surface area contributed by atoms with Crippen molar-refractivity contribution < 1.29 is 50.8 Å². The standard InChI is InChI=1S/C36H48N4O8S.C5H11NO2.C2H6.3H2/c1-6-35(13-14-35)49(44,45)39-34(43)36-19-24(36)10-8-7-9-22(2)15-23(3)16-31(41)40-21-26(18-29(40)32(42)38-36)48-33-27-12-11-25(46-4)17-28(27)30(47-5)20-37-33;1-5(2,3)8-4(6)7;1-2;;;/h8,10-12,17,20,22-24,26,29H,6-7,9,13-16,18-19,21H2,1-5H3,(H,38,42)(H,39,43);1-3H3,(H2,6,7);1-2H3;3*1H/b10-8-;;;;;/t22-,23-,24-,26-,29+,36-;;;;;/m1...../s1. The molecular weight excluding hydrogens is 779 g/mol. The molecule has 3 fully saturated rings. The van der Waals surface area contributed by atoms with Gasteiger partial charge in [0, 0.05) is 33.8 Å². The molecule has 2 aromatic rings. The van der Waals surface area contributed by atoms with Crippen LogP contribution in [0.4, 0.5) is 4.79 Å². The van der Waals surface area contributed by atoms with Crippen LogP contribution >= 0.6 is 0 Å². The number of carbonyl (C=O) groups excluding carboxylic acids is 4. The summed E-state index contributed by atoms with van der Waals surface area (Å²) in [6.07, 6.45) is 8.89. The number of pyridine rings is 1. The lowest BCUT2D eigenvalue weighted by molar-refractivity contribution is -0.140. The molecule has 59 heavy (non-hydrogen) atoms. The summed E-state index contributed by atoms with van der Waals surface area (Å²) >= 11 is 0. The number of methoxy groups -OCH3 is 2. The summed E-state index contributed by atoms with van der Waals surface area (Å²) in [5, 5.41) is 4.37. The lowest BCUT2D eigenvalue weighted by Gasteiger charge is -2.28. The highest BCUT2D eigenvalue weighted by atomic mass is 32.2. The number of hydrogen-bond donors (Lipinski definition) is 3. The monoisotopic (exact) mass is 849 g/mol. The third kappa shape index (κ3) is 11.4. The fourth-order valence-corrected chi connectivity index (χ4v) is 9.59. The van der Waals surface area contributed by atoms with Gasteiger partial charge in [0.05, 0.1) is 31.7 Å². The first-order valence-corrected chi connectivity index (χ1v) is 22.3. The second-order valence-electron chi connectivity index (χ2n) is 17.0. The van der Waals surface area contributed by atoms with Gasteiger partial charge in [0.25, 0.3) is 5.91 Å². The van der Waals surface area contributed by atoms with E-state index in [2.05, 4.69) is 33.6 Å². The van der Waals surface area contributed by atoms with Crippen LogP contribution in [0.15, 0.2) is 36.5 Å². The normalized spacial score (nSPS) is 26.9. The maximum Gasteiger partial charge on any atom is 0.405 e. The Morgan fingerprint density at radius 2 is 1.76 bits per heavy atom. The predicted molar refractivity (Wildman–Crippen MR) is 232 cm³/mol. The van der Waals surface area contributed by atoms with Gasteiger partial charge in [0.2, 0.25) is 27.7 Å². The van der Waals surface area contributed by atoms with Gasteiger partial charge < -0.3 is 34.9 Å². The highest BCUT2D eigenvalue weighted by Crippen LogP contribution is 2.49. The second-order valence-corrected chi connectivity index (χ2v) is 19.1. The van der Waals surface area contributed by atoms with Crippen LogP contribution in [0.5, 0.6) is 17.4 Å². The summed E-state index contributed by atoms with van der Waals surface area (Å²) in [6, 6.07) is 4.53. The molecule has 334 valence electrons. The number of fused-ring (bicyclic) bond motifs is 3. The van der Waals surface area contributed by atoms with Gasteiger partial charge in [0.15, 0.2) is 0 Å². The lowest BCUT2D eigenvalue weighted by Crippen LogP contribution is -2.57. The van der Waals surface area contributed by atoms with Crippen molar-refractivity contribution in [3.8, 4) is 17.4 Å². The Kier molecular flexibility index (Phi) is 15.3. The summed E-state index contributed by atoms with van der Waals surface area (Å²) in [5.74, 6) is 0.227. The summed E-state index contributed by atoms with van der Waals surface area (Å²) in [6.45, 7) is 15.5. The third-order valence-electron chi connectivity index (χ3n) is 11.4. The van der Waals surface area contributed by atoms with Crippen molar-refractivity contribution >= 4 is 44.6 Å². The number of ether oxygens (including phenoxy) is 4. The number of aromatic nitrogens is 1. The van der Waals surface area contributed by atoms with Crippen LogP contribution in [-0.2, 0) is 29.1 Å². The molecule has 16 heteroatoms. The van der Waals surface area contributed by atoms with Crippen molar-refractivity contribution in [3.05, 3.63) is 36.5 Å². The molecule has 6 atom stereocenters. The lowest BCUT2D eigenvalue weighted by atomic mass is 9.91. The first-order valence-electron chi connectivity index (χ1n) is 20.8. The molecule has 1 aromatic carbocycles. The average molecular weight is 850 g/mol. The van der Waals surface area contributed by atoms with Gasteiger partial charge in [-0.1, -0.05) is 46.8 Å². The summed E-state index contributed by atoms with van der Waals surface area (Å²) in [5.41, 5.74) is 2.84. The van der Waals surface area contributed by atoms with Gasteiger partial charge in [-0.05, 0) is 95.8 Å². The molecule has 4 aliphatic rings. The van der Waals surface area contributed by atoms with E-state index in [1.807, 2.05) is 38.1 Å².